The quantitative estimate of drug-likeness (QED) is 0.581. The molecule has 8 heteroatoms. The fourth-order valence-electron chi connectivity index (χ4n) is 3.68. The highest BCUT2D eigenvalue weighted by Crippen LogP contribution is 2.18. The van der Waals surface area contributed by atoms with Gasteiger partial charge in [-0.05, 0) is 37.3 Å². The number of halogens is 1. The van der Waals surface area contributed by atoms with Gasteiger partial charge in [0.05, 0.1) is 6.67 Å². The van der Waals surface area contributed by atoms with Crippen molar-refractivity contribution in [1.82, 2.24) is 29.1 Å². The molecule has 152 valence electrons. The lowest BCUT2D eigenvalue weighted by Gasteiger charge is -2.34. The average Bonchev–Trinajstić information content (AvgIpc) is 3.07. The van der Waals surface area contributed by atoms with Gasteiger partial charge >= 0.3 is 0 Å². The summed E-state index contributed by atoms with van der Waals surface area (Å²) in [5, 5.41) is 4.79. The first-order valence-corrected chi connectivity index (χ1v) is 10.3. The van der Waals surface area contributed by atoms with E-state index in [1.807, 2.05) is 28.9 Å². The Morgan fingerprint density at radius 3 is 2.38 bits per heavy atom. The van der Waals surface area contributed by atoms with Crippen molar-refractivity contribution in [3.8, 4) is 11.4 Å². The van der Waals surface area contributed by atoms with E-state index in [9.17, 15) is 4.39 Å². The molecular weight excluding hydrogens is 387 g/mol. The van der Waals surface area contributed by atoms with Crippen LogP contribution in [0.1, 0.15) is 12.5 Å². The van der Waals surface area contributed by atoms with Crippen molar-refractivity contribution in [2.75, 3.05) is 26.2 Å². The van der Waals surface area contributed by atoms with Crippen LogP contribution in [0.3, 0.4) is 0 Å². The second kappa shape index (κ2) is 8.94. The van der Waals surface area contributed by atoms with Crippen molar-refractivity contribution < 1.29 is 4.39 Å². The first-order valence-electron chi connectivity index (χ1n) is 9.92. The standard InChI is InChI=1S/C21H25FN6S/c1-2-27-20(17-7-9-23-10-8-17)24-28(21(27)29)16-26-13-11-25(12-14-26)15-18-5-3-4-6-19(18)22/h3-10H,2,11-16H2,1H3. The number of pyridine rings is 1. The predicted molar refractivity (Wildman–Crippen MR) is 113 cm³/mol. The minimum atomic E-state index is -0.130. The normalized spacial score (nSPS) is 15.7. The van der Waals surface area contributed by atoms with Gasteiger partial charge in [0, 0.05) is 62.8 Å². The third-order valence-electron chi connectivity index (χ3n) is 5.33. The predicted octanol–water partition coefficient (Wildman–Crippen LogP) is 3.41. The van der Waals surface area contributed by atoms with Gasteiger partial charge in [-0.3, -0.25) is 14.8 Å². The summed E-state index contributed by atoms with van der Waals surface area (Å²) >= 11 is 5.67. The summed E-state index contributed by atoms with van der Waals surface area (Å²) in [6, 6.07) is 10.9. The molecule has 0 atom stereocenters. The van der Waals surface area contributed by atoms with E-state index in [1.54, 1.807) is 18.5 Å². The maximum Gasteiger partial charge on any atom is 0.199 e. The van der Waals surface area contributed by atoms with Gasteiger partial charge in [-0.15, -0.1) is 0 Å². The molecule has 1 aliphatic rings. The minimum absolute atomic E-state index is 0.130. The van der Waals surface area contributed by atoms with Crippen LogP contribution in [0.2, 0.25) is 0 Å². The smallest absolute Gasteiger partial charge is 0.199 e. The maximum atomic E-state index is 13.9. The number of benzene rings is 1. The Kier molecular flexibility index (Phi) is 6.13. The molecule has 3 heterocycles. The maximum absolute atomic E-state index is 13.9. The molecule has 2 aromatic heterocycles. The van der Waals surface area contributed by atoms with Crippen molar-refractivity contribution in [3.63, 3.8) is 0 Å². The Labute approximate surface area is 175 Å². The molecule has 1 saturated heterocycles. The monoisotopic (exact) mass is 412 g/mol. The Hall–Kier alpha value is -2.42. The summed E-state index contributed by atoms with van der Waals surface area (Å²) in [5.41, 5.74) is 1.77. The molecule has 6 nitrogen and oxygen atoms in total. The lowest BCUT2D eigenvalue weighted by Crippen LogP contribution is -2.46. The molecule has 29 heavy (non-hydrogen) atoms. The van der Waals surface area contributed by atoms with Crippen LogP contribution in [-0.4, -0.2) is 55.3 Å². The zero-order valence-electron chi connectivity index (χ0n) is 16.5. The number of hydrogen-bond acceptors (Lipinski definition) is 5. The Bertz CT molecular complexity index is 1010. The van der Waals surface area contributed by atoms with E-state index >= 15 is 0 Å². The van der Waals surface area contributed by atoms with Gasteiger partial charge in [-0.1, -0.05) is 18.2 Å². The fraction of sp³-hybridized carbons (Fsp3) is 0.381. The summed E-state index contributed by atoms with van der Waals surface area (Å²) < 4.78 is 18.6. The van der Waals surface area contributed by atoms with Crippen molar-refractivity contribution in [1.29, 1.82) is 0 Å². The Balaban J connectivity index is 1.41. The third kappa shape index (κ3) is 4.44. The van der Waals surface area contributed by atoms with Gasteiger partial charge < -0.3 is 4.57 Å². The molecule has 0 N–H and O–H groups in total. The van der Waals surface area contributed by atoms with Crippen LogP contribution in [0.15, 0.2) is 48.8 Å². The van der Waals surface area contributed by atoms with E-state index in [0.717, 1.165) is 54.4 Å². The molecule has 0 aliphatic carbocycles. The van der Waals surface area contributed by atoms with Gasteiger partial charge in [0.2, 0.25) is 0 Å². The highest BCUT2D eigenvalue weighted by Gasteiger charge is 2.20. The van der Waals surface area contributed by atoms with E-state index in [1.165, 1.54) is 6.07 Å². The molecule has 0 amide bonds. The van der Waals surface area contributed by atoms with Crippen LogP contribution in [0.4, 0.5) is 4.39 Å². The Morgan fingerprint density at radius 1 is 1.00 bits per heavy atom. The first kappa shape index (κ1) is 19.9. The van der Waals surface area contributed by atoms with Gasteiger partial charge in [0.1, 0.15) is 5.82 Å². The summed E-state index contributed by atoms with van der Waals surface area (Å²) in [6.07, 6.45) is 3.54. The molecule has 0 unspecified atom stereocenters. The van der Waals surface area contributed by atoms with Gasteiger partial charge in [-0.2, -0.15) is 5.10 Å². The fourth-order valence-corrected chi connectivity index (χ4v) is 3.99. The molecule has 0 radical (unpaired) electrons. The zero-order chi connectivity index (χ0) is 20.2. The molecule has 0 bridgehead atoms. The van der Waals surface area contributed by atoms with Crippen LogP contribution in [-0.2, 0) is 19.8 Å². The third-order valence-corrected chi connectivity index (χ3v) is 5.76. The number of rotatable bonds is 6. The van der Waals surface area contributed by atoms with E-state index < -0.39 is 0 Å². The minimum Gasteiger partial charge on any atom is -0.300 e. The lowest BCUT2D eigenvalue weighted by molar-refractivity contribution is 0.0973. The second-order valence-electron chi connectivity index (χ2n) is 7.21. The number of hydrogen-bond donors (Lipinski definition) is 0. The summed E-state index contributed by atoms with van der Waals surface area (Å²) in [7, 11) is 0. The topological polar surface area (TPSA) is 42.1 Å². The summed E-state index contributed by atoms with van der Waals surface area (Å²) in [4.78, 5) is 8.72. The summed E-state index contributed by atoms with van der Waals surface area (Å²) in [5.74, 6) is 0.744. The van der Waals surface area contributed by atoms with Crippen LogP contribution < -0.4 is 0 Å². The Morgan fingerprint density at radius 2 is 1.69 bits per heavy atom. The molecule has 1 fully saturated rings. The van der Waals surface area contributed by atoms with Crippen molar-refractivity contribution in [3.05, 3.63) is 64.9 Å². The molecule has 3 aromatic rings. The van der Waals surface area contributed by atoms with Crippen molar-refractivity contribution >= 4 is 12.2 Å². The SMILES string of the molecule is CCn1c(-c2ccncc2)nn(CN2CCN(Cc3ccccc3F)CC2)c1=S. The van der Waals surface area contributed by atoms with Gasteiger partial charge in [-0.25, -0.2) is 9.07 Å². The molecule has 0 spiro atoms. The van der Waals surface area contributed by atoms with Crippen molar-refractivity contribution in [2.24, 2.45) is 0 Å². The van der Waals surface area contributed by atoms with Crippen LogP contribution in [0, 0.1) is 10.6 Å². The second-order valence-corrected chi connectivity index (χ2v) is 7.58. The summed E-state index contributed by atoms with van der Waals surface area (Å²) in [6.45, 7) is 7.76. The van der Waals surface area contributed by atoms with Gasteiger partial charge in [0.25, 0.3) is 0 Å². The molecule has 1 aromatic carbocycles. The van der Waals surface area contributed by atoms with Crippen LogP contribution >= 0.6 is 12.2 Å². The molecule has 1 aliphatic heterocycles. The average molecular weight is 413 g/mol. The number of piperazine rings is 1. The van der Waals surface area contributed by atoms with Crippen LogP contribution in [0.5, 0.6) is 0 Å². The number of aromatic nitrogens is 4. The highest BCUT2D eigenvalue weighted by atomic mass is 32.1. The van der Waals surface area contributed by atoms with E-state index in [4.69, 9.17) is 17.3 Å². The molecule has 4 rings (SSSR count). The lowest BCUT2D eigenvalue weighted by atomic mass is 10.2. The molecular formula is C21H25FN6S. The van der Waals surface area contributed by atoms with E-state index in [-0.39, 0.29) is 5.82 Å². The van der Waals surface area contributed by atoms with E-state index in [0.29, 0.717) is 13.2 Å². The first-order chi connectivity index (χ1) is 14.2. The van der Waals surface area contributed by atoms with Gasteiger partial charge in [0.15, 0.2) is 10.6 Å². The van der Waals surface area contributed by atoms with Crippen LogP contribution in [0.25, 0.3) is 11.4 Å². The van der Waals surface area contributed by atoms with Crippen molar-refractivity contribution in [2.45, 2.75) is 26.7 Å². The highest BCUT2D eigenvalue weighted by molar-refractivity contribution is 7.71. The zero-order valence-corrected chi connectivity index (χ0v) is 17.4. The van der Waals surface area contributed by atoms with E-state index in [2.05, 4.69) is 26.3 Å². The number of nitrogens with zero attached hydrogens (tertiary/aromatic N) is 6. The molecule has 0 saturated carbocycles. The largest absolute Gasteiger partial charge is 0.300 e.